The highest BCUT2D eigenvalue weighted by Gasteiger charge is 2.18. The van der Waals surface area contributed by atoms with Gasteiger partial charge in [0, 0.05) is 16.8 Å². The molecular weight excluding hydrogens is 336 g/mol. The Morgan fingerprint density at radius 2 is 2.08 bits per heavy atom. The smallest absolute Gasteiger partial charge is 0.240 e. The van der Waals surface area contributed by atoms with Crippen molar-refractivity contribution in [1.29, 1.82) is 0 Å². The summed E-state index contributed by atoms with van der Waals surface area (Å²) in [5.74, 6) is 1.61. The summed E-state index contributed by atoms with van der Waals surface area (Å²) in [6.45, 7) is 2.07. The van der Waals surface area contributed by atoms with Crippen LogP contribution < -0.4 is 4.74 Å². The van der Waals surface area contributed by atoms with Gasteiger partial charge in [-0.1, -0.05) is 28.6 Å². The molecule has 0 spiro atoms. The number of hydrogen-bond acceptors (Lipinski definition) is 8. The van der Waals surface area contributed by atoms with Crippen molar-refractivity contribution in [2.75, 3.05) is 0 Å². The van der Waals surface area contributed by atoms with Gasteiger partial charge >= 0.3 is 0 Å². The third kappa shape index (κ3) is 2.27. The summed E-state index contributed by atoms with van der Waals surface area (Å²) in [7, 11) is 0. The Balaban J connectivity index is 1.69. The van der Waals surface area contributed by atoms with Crippen LogP contribution in [0.15, 0.2) is 41.1 Å². The zero-order valence-corrected chi connectivity index (χ0v) is 13.6. The molecule has 0 saturated carbocycles. The molecule has 0 radical (unpaired) electrons. The van der Waals surface area contributed by atoms with E-state index in [0.717, 1.165) is 16.5 Å². The maximum absolute atomic E-state index is 5.89. The van der Waals surface area contributed by atoms with E-state index in [1.807, 2.05) is 31.2 Å². The fourth-order valence-corrected chi connectivity index (χ4v) is 2.73. The van der Waals surface area contributed by atoms with Crippen molar-refractivity contribution in [3.05, 3.63) is 48.0 Å². The van der Waals surface area contributed by atoms with Crippen molar-refractivity contribution >= 4 is 16.4 Å². The largest absolute Gasteiger partial charge is 0.470 e. The first-order valence-electron chi connectivity index (χ1n) is 7.85. The SMILES string of the molecule is Cc1cc(-c2nnc3c4ccccc4c(OCc4cnn[nH]4)nn23)no1. The predicted molar refractivity (Wildman–Crippen MR) is 89.2 cm³/mol. The van der Waals surface area contributed by atoms with Crippen LogP contribution in [0.5, 0.6) is 5.88 Å². The molecule has 1 aromatic carbocycles. The summed E-state index contributed by atoms with van der Waals surface area (Å²) in [4.78, 5) is 0. The maximum atomic E-state index is 5.89. The Bertz CT molecular complexity index is 1210. The van der Waals surface area contributed by atoms with Gasteiger partial charge in [-0.15, -0.1) is 20.4 Å². The maximum Gasteiger partial charge on any atom is 0.240 e. The first-order chi connectivity index (χ1) is 12.8. The number of aromatic nitrogens is 8. The summed E-state index contributed by atoms with van der Waals surface area (Å²) >= 11 is 0. The zero-order chi connectivity index (χ0) is 17.5. The minimum atomic E-state index is 0.260. The Morgan fingerprint density at radius 3 is 2.85 bits per heavy atom. The van der Waals surface area contributed by atoms with Gasteiger partial charge in [0.1, 0.15) is 12.4 Å². The molecule has 5 aromatic rings. The fraction of sp³-hybridized carbons (Fsp3) is 0.125. The molecule has 0 amide bonds. The number of nitrogens with one attached hydrogen (secondary N) is 1. The zero-order valence-electron chi connectivity index (χ0n) is 13.6. The van der Waals surface area contributed by atoms with Gasteiger partial charge in [-0.25, -0.2) is 0 Å². The Labute approximate surface area is 145 Å². The van der Waals surface area contributed by atoms with E-state index in [0.29, 0.717) is 28.8 Å². The van der Waals surface area contributed by atoms with E-state index in [-0.39, 0.29) is 6.61 Å². The van der Waals surface area contributed by atoms with Crippen LogP contribution in [-0.2, 0) is 6.61 Å². The van der Waals surface area contributed by atoms with Gasteiger partial charge in [-0.3, -0.25) is 5.10 Å². The lowest BCUT2D eigenvalue weighted by Gasteiger charge is -2.08. The fourth-order valence-electron chi connectivity index (χ4n) is 2.73. The number of aryl methyl sites for hydroxylation is 1. The van der Waals surface area contributed by atoms with E-state index in [4.69, 9.17) is 9.26 Å². The number of rotatable bonds is 4. The van der Waals surface area contributed by atoms with Gasteiger partial charge in [0.05, 0.1) is 11.9 Å². The lowest BCUT2D eigenvalue weighted by Crippen LogP contribution is -2.03. The quantitative estimate of drug-likeness (QED) is 0.523. The summed E-state index contributed by atoms with van der Waals surface area (Å²) in [5, 5.41) is 29.0. The normalized spacial score (nSPS) is 11.4. The summed E-state index contributed by atoms with van der Waals surface area (Å²) in [6, 6.07) is 9.51. The topological polar surface area (TPSA) is 120 Å². The van der Waals surface area contributed by atoms with E-state index >= 15 is 0 Å². The molecule has 0 aliphatic heterocycles. The van der Waals surface area contributed by atoms with E-state index in [9.17, 15) is 0 Å². The summed E-state index contributed by atoms with van der Waals surface area (Å²) < 4.78 is 12.6. The van der Waals surface area contributed by atoms with Crippen molar-refractivity contribution in [1.82, 2.24) is 40.4 Å². The number of nitrogens with zero attached hydrogens (tertiary/aromatic N) is 7. The standard InChI is InChI=1S/C16H12N8O2/c1-9-6-13(22-26-9)15-20-19-14-11-4-2-3-5-12(11)16(21-24(14)15)25-8-10-7-17-23-18-10/h2-7H,8H2,1H3,(H,17,18,23). The highest BCUT2D eigenvalue weighted by Crippen LogP contribution is 2.28. The van der Waals surface area contributed by atoms with E-state index < -0.39 is 0 Å². The van der Waals surface area contributed by atoms with Crippen LogP contribution in [0, 0.1) is 6.92 Å². The Kier molecular flexibility index (Phi) is 3.14. The molecule has 4 heterocycles. The third-order valence-corrected chi connectivity index (χ3v) is 3.92. The molecule has 4 aromatic heterocycles. The first kappa shape index (κ1) is 14.5. The first-order valence-corrected chi connectivity index (χ1v) is 7.85. The van der Waals surface area contributed by atoms with E-state index in [2.05, 4.69) is 35.9 Å². The molecule has 128 valence electrons. The monoisotopic (exact) mass is 348 g/mol. The van der Waals surface area contributed by atoms with E-state index in [1.165, 1.54) is 0 Å². The highest BCUT2D eigenvalue weighted by molar-refractivity contribution is 5.96. The Morgan fingerprint density at radius 1 is 1.19 bits per heavy atom. The van der Waals surface area contributed by atoms with Crippen LogP contribution in [0.25, 0.3) is 27.9 Å². The van der Waals surface area contributed by atoms with Gasteiger partial charge in [-0.2, -0.15) is 4.52 Å². The molecule has 10 nitrogen and oxygen atoms in total. The van der Waals surface area contributed by atoms with Crippen LogP contribution >= 0.6 is 0 Å². The molecule has 0 bridgehead atoms. The number of fused-ring (bicyclic) bond motifs is 3. The van der Waals surface area contributed by atoms with Crippen LogP contribution in [-0.4, -0.2) is 40.4 Å². The van der Waals surface area contributed by atoms with Gasteiger partial charge in [0.25, 0.3) is 0 Å². The highest BCUT2D eigenvalue weighted by atomic mass is 16.5. The van der Waals surface area contributed by atoms with Gasteiger partial charge in [0.15, 0.2) is 11.3 Å². The molecule has 5 rings (SSSR count). The summed E-state index contributed by atoms with van der Waals surface area (Å²) in [6.07, 6.45) is 1.60. The number of H-pyrrole nitrogens is 1. The predicted octanol–water partition coefficient (Wildman–Crippen LogP) is 1.94. The third-order valence-electron chi connectivity index (χ3n) is 3.92. The number of hydrogen-bond donors (Lipinski definition) is 1. The molecule has 0 unspecified atom stereocenters. The second-order valence-corrected chi connectivity index (χ2v) is 5.70. The van der Waals surface area contributed by atoms with Crippen molar-refractivity contribution in [3.8, 4) is 17.4 Å². The van der Waals surface area contributed by atoms with Crippen molar-refractivity contribution in [2.45, 2.75) is 13.5 Å². The van der Waals surface area contributed by atoms with Gasteiger partial charge in [0.2, 0.25) is 11.7 Å². The molecule has 0 aliphatic rings. The van der Waals surface area contributed by atoms with Crippen molar-refractivity contribution < 1.29 is 9.26 Å². The second kappa shape index (κ2) is 5.62. The summed E-state index contributed by atoms with van der Waals surface area (Å²) in [5.41, 5.74) is 1.92. The van der Waals surface area contributed by atoms with Crippen LogP contribution in [0.2, 0.25) is 0 Å². The molecule has 0 aliphatic carbocycles. The lowest BCUT2D eigenvalue weighted by molar-refractivity contribution is 0.289. The Hall–Kier alpha value is -3.82. The van der Waals surface area contributed by atoms with E-state index in [1.54, 1.807) is 16.8 Å². The van der Waals surface area contributed by atoms with Crippen molar-refractivity contribution in [2.24, 2.45) is 0 Å². The molecule has 10 heteroatoms. The molecule has 0 fully saturated rings. The van der Waals surface area contributed by atoms with Crippen LogP contribution in [0.4, 0.5) is 0 Å². The number of ether oxygens (including phenoxy) is 1. The minimum Gasteiger partial charge on any atom is -0.470 e. The van der Waals surface area contributed by atoms with Gasteiger partial charge < -0.3 is 9.26 Å². The number of benzene rings is 1. The molecule has 26 heavy (non-hydrogen) atoms. The molecule has 1 N–H and O–H groups in total. The van der Waals surface area contributed by atoms with Crippen LogP contribution in [0.3, 0.4) is 0 Å². The molecule has 0 atom stereocenters. The average Bonchev–Trinajstić information content (AvgIpc) is 3.40. The molecule has 0 saturated heterocycles. The average molecular weight is 348 g/mol. The number of aromatic amines is 1. The van der Waals surface area contributed by atoms with Gasteiger partial charge in [-0.05, 0) is 13.0 Å². The second-order valence-electron chi connectivity index (χ2n) is 5.70. The van der Waals surface area contributed by atoms with Crippen molar-refractivity contribution in [3.63, 3.8) is 0 Å². The minimum absolute atomic E-state index is 0.260. The lowest BCUT2D eigenvalue weighted by atomic mass is 10.2. The van der Waals surface area contributed by atoms with Crippen LogP contribution in [0.1, 0.15) is 11.5 Å². The molecular formula is C16H12N8O2.